The molecule has 2 aromatic heterocycles. The Bertz CT molecular complexity index is 1550. The Kier molecular flexibility index (Phi) is 5.86. The first-order chi connectivity index (χ1) is 17.1. The van der Waals surface area contributed by atoms with Gasteiger partial charge in [0, 0.05) is 22.4 Å². The van der Waals surface area contributed by atoms with Crippen LogP contribution in [0.3, 0.4) is 0 Å². The number of aromatic carboxylic acids is 1. The van der Waals surface area contributed by atoms with Gasteiger partial charge in [-0.3, -0.25) is 4.40 Å². The summed E-state index contributed by atoms with van der Waals surface area (Å²) in [6.45, 7) is 0.281. The number of hydrogen-bond acceptors (Lipinski definition) is 4. The third kappa shape index (κ3) is 4.55. The fraction of sp³-hybridized carbons (Fsp3) is 0.0370. The van der Waals surface area contributed by atoms with Gasteiger partial charge in [-0.05, 0) is 58.6 Å². The zero-order valence-electron chi connectivity index (χ0n) is 18.5. The predicted molar refractivity (Wildman–Crippen MR) is 136 cm³/mol. The average Bonchev–Trinajstić information content (AvgIpc) is 3.26. The molecular formula is C27H20N6O2. The van der Waals surface area contributed by atoms with Crippen molar-refractivity contribution in [3.8, 4) is 22.4 Å². The lowest BCUT2D eigenvalue weighted by Gasteiger charge is -2.10. The lowest BCUT2D eigenvalue weighted by Crippen LogP contribution is -1.99. The number of nitrogens with one attached hydrogen (secondary N) is 1. The van der Waals surface area contributed by atoms with E-state index >= 15 is 0 Å². The zero-order chi connectivity index (χ0) is 24.2. The number of carboxylic acids is 1. The molecule has 0 unspecified atom stereocenters. The molecular weight excluding hydrogens is 440 g/mol. The summed E-state index contributed by atoms with van der Waals surface area (Å²) < 4.78 is 1.97. The van der Waals surface area contributed by atoms with Gasteiger partial charge in [0.05, 0.1) is 12.1 Å². The van der Waals surface area contributed by atoms with Crippen molar-refractivity contribution in [2.75, 3.05) is 5.32 Å². The third-order valence-corrected chi connectivity index (χ3v) is 5.67. The number of imidazole rings is 1. The number of aromatic nitrogens is 2. The summed E-state index contributed by atoms with van der Waals surface area (Å²) in [7, 11) is 0. The lowest BCUT2D eigenvalue weighted by molar-refractivity contribution is 0.0697. The van der Waals surface area contributed by atoms with Crippen LogP contribution in [-0.4, -0.2) is 20.5 Å². The molecule has 0 saturated carbocycles. The predicted octanol–water partition coefficient (Wildman–Crippen LogP) is 6.92. The molecule has 3 aromatic carbocycles. The minimum absolute atomic E-state index is 0.219. The van der Waals surface area contributed by atoms with Gasteiger partial charge < -0.3 is 10.4 Å². The Balaban J connectivity index is 1.60. The first-order valence-electron chi connectivity index (χ1n) is 10.9. The van der Waals surface area contributed by atoms with E-state index < -0.39 is 5.97 Å². The first kappa shape index (κ1) is 21.8. The van der Waals surface area contributed by atoms with E-state index in [1.165, 1.54) is 0 Å². The SMILES string of the molecule is [N-]=[N+]=NCc1ccc(-c2nc3cc(-c4ccccc4)ccn3c2Nc2ccc(C(=O)O)cc2)cc1. The van der Waals surface area contributed by atoms with Crippen LogP contribution in [0.25, 0.3) is 38.5 Å². The molecule has 0 fully saturated rings. The highest BCUT2D eigenvalue weighted by Gasteiger charge is 2.16. The van der Waals surface area contributed by atoms with Crippen LogP contribution in [-0.2, 0) is 6.54 Å². The van der Waals surface area contributed by atoms with Crippen LogP contribution >= 0.6 is 0 Å². The van der Waals surface area contributed by atoms with Crippen molar-refractivity contribution in [1.82, 2.24) is 9.38 Å². The van der Waals surface area contributed by atoms with Crippen molar-refractivity contribution in [1.29, 1.82) is 0 Å². The van der Waals surface area contributed by atoms with Gasteiger partial charge in [0.15, 0.2) is 0 Å². The number of nitrogens with zero attached hydrogens (tertiary/aromatic N) is 5. The Morgan fingerprint density at radius 1 is 0.943 bits per heavy atom. The molecule has 5 rings (SSSR count). The topological polar surface area (TPSA) is 115 Å². The van der Waals surface area contributed by atoms with Gasteiger partial charge in [-0.2, -0.15) is 0 Å². The van der Waals surface area contributed by atoms with Crippen LogP contribution in [0, 0.1) is 0 Å². The monoisotopic (exact) mass is 460 g/mol. The van der Waals surface area contributed by atoms with Gasteiger partial charge in [-0.1, -0.05) is 59.7 Å². The second-order valence-corrected chi connectivity index (χ2v) is 7.91. The number of rotatable bonds is 7. The lowest BCUT2D eigenvalue weighted by atomic mass is 10.1. The number of pyridine rings is 1. The van der Waals surface area contributed by atoms with E-state index in [4.69, 9.17) is 10.5 Å². The number of hydrogen-bond donors (Lipinski definition) is 2. The van der Waals surface area contributed by atoms with Crippen LogP contribution in [0.15, 0.2) is 102 Å². The highest BCUT2D eigenvalue weighted by molar-refractivity contribution is 5.88. The van der Waals surface area contributed by atoms with Crippen LogP contribution in [0.5, 0.6) is 0 Å². The molecule has 8 nitrogen and oxygen atoms in total. The number of carbonyl (C=O) groups is 1. The van der Waals surface area contributed by atoms with Gasteiger partial charge in [0.1, 0.15) is 17.2 Å². The first-order valence-corrected chi connectivity index (χ1v) is 10.9. The molecule has 170 valence electrons. The Hall–Kier alpha value is -5.07. The number of anilines is 2. The van der Waals surface area contributed by atoms with Crippen molar-refractivity contribution in [2.45, 2.75) is 6.54 Å². The second kappa shape index (κ2) is 9.43. The van der Waals surface area contributed by atoms with Crippen LogP contribution in [0.1, 0.15) is 15.9 Å². The van der Waals surface area contributed by atoms with E-state index in [0.29, 0.717) is 0 Å². The molecule has 0 aliphatic rings. The Labute approximate surface area is 200 Å². The summed E-state index contributed by atoms with van der Waals surface area (Å²) in [5.41, 5.74) is 15.0. The summed E-state index contributed by atoms with van der Waals surface area (Å²) in [5.74, 6) is -0.216. The van der Waals surface area contributed by atoms with E-state index in [0.717, 1.165) is 45.1 Å². The second-order valence-electron chi connectivity index (χ2n) is 7.91. The van der Waals surface area contributed by atoms with Crippen molar-refractivity contribution < 1.29 is 9.90 Å². The normalized spacial score (nSPS) is 10.6. The number of azide groups is 1. The molecule has 0 aliphatic heterocycles. The van der Waals surface area contributed by atoms with Gasteiger partial charge in [-0.15, -0.1) is 0 Å². The van der Waals surface area contributed by atoms with Gasteiger partial charge in [0.2, 0.25) is 0 Å². The van der Waals surface area contributed by atoms with Crippen molar-refractivity contribution in [3.05, 3.63) is 119 Å². The molecule has 0 amide bonds. The molecule has 0 bridgehead atoms. The Morgan fingerprint density at radius 2 is 1.69 bits per heavy atom. The molecule has 2 N–H and O–H groups in total. The maximum atomic E-state index is 11.2. The largest absolute Gasteiger partial charge is 0.478 e. The molecule has 8 heteroatoms. The maximum Gasteiger partial charge on any atom is 0.335 e. The van der Waals surface area contributed by atoms with Crippen molar-refractivity contribution in [2.24, 2.45) is 5.11 Å². The minimum Gasteiger partial charge on any atom is -0.478 e. The molecule has 0 spiro atoms. The van der Waals surface area contributed by atoms with E-state index in [1.54, 1.807) is 24.3 Å². The summed E-state index contributed by atoms with van der Waals surface area (Å²) >= 11 is 0. The summed E-state index contributed by atoms with van der Waals surface area (Å²) in [6.07, 6.45) is 1.97. The van der Waals surface area contributed by atoms with E-state index in [9.17, 15) is 9.90 Å². The quantitative estimate of drug-likeness (QED) is 0.156. The van der Waals surface area contributed by atoms with E-state index in [-0.39, 0.29) is 12.1 Å². The zero-order valence-corrected chi connectivity index (χ0v) is 18.5. The molecule has 5 aromatic rings. The van der Waals surface area contributed by atoms with Crippen LogP contribution in [0.4, 0.5) is 11.5 Å². The summed E-state index contributed by atoms with van der Waals surface area (Å²) in [4.78, 5) is 19.0. The Morgan fingerprint density at radius 3 is 2.37 bits per heavy atom. The number of fused-ring (bicyclic) bond motifs is 1. The molecule has 0 atom stereocenters. The van der Waals surface area contributed by atoms with E-state index in [1.807, 2.05) is 65.2 Å². The van der Waals surface area contributed by atoms with Gasteiger partial charge in [-0.25, -0.2) is 9.78 Å². The minimum atomic E-state index is -0.971. The van der Waals surface area contributed by atoms with Crippen molar-refractivity contribution >= 4 is 23.1 Å². The maximum absolute atomic E-state index is 11.2. The molecule has 0 aliphatic carbocycles. The molecule has 35 heavy (non-hydrogen) atoms. The molecule has 0 saturated heterocycles. The van der Waals surface area contributed by atoms with E-state index in [2.05, 4.69) is 27.5 Å². The third-order valence-electron chi connectivity index (χ3n) is 5.67. The molecule has 0 radical (unpaired) electrons. The fourth-order valence-electron chi connectivity index (χ4n) is 3.89. The highest BCUT2D eigenvalue weighted by atomic mass is 16.4. The van der Waals surface area contributed by atoms with Crippen molar-refractivity contribution in [3.63, 3.8) is 0 Å². The van der Waals surface area contributed by atoms with Crippen LogP contribution in [0.2, 0.25) is 0 Å². The standard InChI is InChI=1S/C27H20N6O2/c28-32-29-17-18-6-8-20(9-7-18)25-26(30-23-12-10-21(11-13-23)27(34)35)33-15-14-22(16-24(33)31-25)19-4-2-1-3-5-19/h1-16,30H,17H2,(H,34,35). The van der Waals surface area contributed by atoms with Gasteiger partial charge in [0.25, 0.3) is 0 Å². The fourth-order valence-corrected chi connectivity index (χ4v) is 3.89. The van der Waals surface area contributed by atoms with Crippen LogP contribution < -0.4 is 5.32 Å². The highest BCUT2D eigenvalue weighted by Crippen LogP contribution is 2.33. The number of carboxylic acid groups (broad SMARTS) is 1. The average molecular weight is 460 g/mol. The number of benzene rings is 3. The van der Waals surface area contributed by atoms with Gasteiger partial charge >= 0.3 is 5.97 Å². The summed E-state index contributed by atoms with van der Waals surface area (Å²) in [6, 6.07) is 28.5. The summed E-state index contributed by atoms with van der Waals surface area (Å²) in [5, 5.41) is 16.2. The molecule has 2 heterocycles. The smallest absolute Gasteiger partial charge is 0.335 e.